The molecule has 0 aromatic carbocycles. The average Bonchev–Trinajstić information content (AvgIpc) is 3.42. The minimum atomic E-state index is -0.846. The van der Waals surface area contributed by atoms with Gasteiger partial charge in [0.1, 0.15) is 0 Å². The molecule has 0 aliphatic heterocycles. The third-order valence-corrected chi connectivity index (χ3v) is 15.9. The second-order valence-electron chi connectivity index (χ2n) is 23.5. The quantitative estimate of drug-likeness (QED) is 0.0320. The molecule has 0 fully saturated rings. The molecule has 0 aromatic heterocycles. The van der Waals surface area contributed by atoms with Crippen molar-refractivity contribution in [2.45, 2.75) is 386 Å². The highest BCUT2D eigenvalue weighted by atomic mass is 16.5. The van der Waals surface area contributed by atoms with E-state index in [2.05, 4.69) is 43.5 Å². The van der Waals surface area contributed by atoms with Crippen molar-refractivity contribution in [1.29, 1.82) is 0 Å². The fourth-order valence-corrected chi connectivity index (χ4v) is 10.6. The topological polar surface area (TPSA) is 95.9 Å². The van der Waals surface area contributed by atoms with E-state index in [1.165, 1.54) is 302 Å². The smallest absolute Gasteiger partial charge is 0.305 e. The highest BCUT2D eigenvalue weighted by Gasteiger charge is 2.18. The first-order chi connectivity index (χ1) is 37.5. The summed E-state index contributed by atoms with van der Waals surface area (Å²) in [7, 11) is 0. The number of unbranched alkanes of at least 4 members (excludes halogenated alkanes) is 49. The maximum atomic E-state index is 12.5. The molecule has 0 rings (SSSR count). The third kappa shape index (κ3) is 61.3. The van der Waals surface area contributed by atoms with Crippen molar-refractivity contribution in [2.75, 3.05) is 13.2 Å². The van der Waals surface area contributed by atoms with Crippen molar-refractivity contribution in [3.8, 4) is 0 Å². The van der Waals surface area contributed by atoms with Crippen LogP contribution >= 0.6 is 0 Å². The summed E-state index contributed by atoms with van der Waals surface area (Å²) < 4.78 is 5.46. The summed E-state index contributed by atoms with van der Waals surface area (Å²) >= 11 is 0. The Hall–Kier alpha value is -1.92. The van der Waals surface area contributed by atoms with Crippen LogP contribution < -0.4 is 5.32 Å². The van der Waals surface area contributed by atoms with E-state index < -0.39 is 12.1 Å². The van der Waals surface area contributed by atoms with Crippen molar-refractivity contribution in [3.63, 3.8) is 0 Å². The third-order valence-electron chi connectivity index (χ3n) is 15.9. The summed E-state index contributed by atoms with van der Waals surface area (Å²) in [4.78, 5) is 24.5. The van der Waals surface area contributed by atoms with Crippen molar-refractivity contribution >= 4 is 11.9 Å². The van der Waals surface area contributed by atoms with E-state index in [0.29, 0.717) is 19.4 Å². The molecule has 0 radical (unpaired) electrons. The Morgan fingerprint density at radius 1 is 0.355 bits per heavy atom. The lowest BCUT2D eigenvalue weighted by atomic mass is 10.0. The summed E-state index contributed by atoms with van der Waals surface area (Å²) in [6, 6.07) is -0.630. The van der Waals surface area contributed by atoms with Gasteiger partial charge in [0.2, 0.25) is 5.91 Å². The molecule has 1 amide bonds. The van der Waals surface area contributed by atoms with Crippen LogP contribution in [0.2, 0.25) is 0 Å². The second-order valence-corrected chi connectivity index (χ2v) is 23.5. The van der Waals surface area contributed by atoms with Crippen molar-refractivity contribution < 1.29 is 24.5 Å². The molecule has 6 nitrogen and oxygen atoms in total. The fraction of sp³-hybridized carbons (Fsp3) is 0.886. The zero-order valence-electron chi connectivity index (χ0n) is 51.3. The summed E-state index contributed by atoms with van der Waals surface area (Å²) in [5, 5.41) is 23.2. The van der Waals surface area contributed by atoms with Crippen LogP contribution in [0.1, 0.15) is 373 Å². The van der Waals surface area contributed by atoms with Crippen molar-refractivity contribution in [1.82, 2.24) is 5.32 Å². The highest BCUT2D eigenvalue weighted by Crippen LogP contribution is 2.18. The molecular weight excluding hydrogens is 935 g/mol. The molecule has 2 unspecified atom stereocenters. The number of esters is 1. The van der Waals surface area contributed by atoms with Gasteiger partial charge < -0.3 is 20.3 Å². The predicted molar refractivity (Wildman–Crippen MR) is 333 cm³/mol. The molecule has 0 aliphatic carbocycles. The standard InChI is InChI=1S/C70H133NO5/c1-3-5-7-9-11-13-15-16-17-18-19-27-30-33-36-39-43-46-50-54-58-62-68(73)67(66-72)71-69(74)63-59-55-51-47-44-40-37-34-31-28-25-23-21-20-22-24-26-29-32-35-38-41-45-49-53-57-61-65-76-70(75)64-60-56-52-48-42-14-12-10-8-6-4-2/h10,12,20-21,58,62,67-68,72-73H,3-9,11,13-19,22-57,59-61,63-66H2,1-2H3,(H,71,74)/b12-10-,21-20-,62-58+. The van der Waals surface area contributed by atoms with Gasteiger partial charge in [0.25, 0.3) is 0 Å². The first-order valence-corrected chi connectivity index (χ1v) is 34.3. The van der Waals surface area contributed by atoms with E-state index >= 15 is 0 Å². The molecule has 0 aromatic rings. The molecule has 0 heterocycles. The van der Waals surface area contributed by atoms with Crippen molar-refractivity contribution in [3.05, 3.63) is 36.5 Å². The van der Waals surface area contributed by atoms with E-state index in [1.54, 1.807) is 6.08 Å². The molecular formula is C70H133NO5. The maximum Gasteiger partial charge on any atom is 0.305 e. The summed E-state index contributed by atoms with van der Waals surface area (Å²) in [6.45, 7) is 4.89. The molecule has 76 heavy (non-hydrogen) atoms. The molecule has 6 heteroatoms. The van der Waals surface area contributed by atoms with Crippen LogP contribution in [0.3, 0.4) is 0 Å². The number of aliphatic hydroxyl groups is 2. The molecule has 2 atom stereocenters. The van der Waals surface area contributed by atoms with Gasteiger partial charge in [0.15, 0.2) is 0 Å². The van der Waals surface area contributed by atoms with E-state index in [-0.39, 0.29) is 18.5 Å². The highest BCUT2D eigenvalue weighted by molar-refractivity contribution is 5.76. The monoisotopic (exact) mass is 1070 g/mol. The Morgan fingerprint density at radius 2 is 0.632 bits per heavy atom. The number of carbonyl (C=O) groups excluding carboxylic acids is 2. The number of hydrogen-bond donors (Lipinski definition) is 3. The molecule has 0 saturated heterocycles. The van der Waals surface area contributed by atoms with E-state index in [1.807, 2.05) is 6.08 Å². The lowest BCUT2D eigenvalue weighted by Gasteiger charge is -2.20. The van der Waals surface area contributed by atoms with Gasteiger partial charge in [0, 0.05) is 12.8 Å². The Kier molecular flexibility index (Phi) is 63.9. The largest absolute Gasteiger partial charge is 0.466 e. The van der Waals surface area contributed by atoms with Gasteiger partial charge in [-0.2, -0.15) is 0 Å². The molecule has 448 valence electrons. The Bertz CT molecular complexity index is 1230. The molecule has 0 aliphatic rings. The molecule has 3 N–H and O–H groups in total. The Morgan fingerprint density at radius 3 is 0.974 bits per heavy atom. The normalized spacial score (nSPS) is 12.7. The van der Waals surface area contributed by atoms with Crippen LogP contribution in [-0.2, 0) is 14.3 Å². The fourth-order valence-electron chi connectivity index (χ4n) is 10.6. The summed E-state index contributed by atoms with van der Waals surface area (Å²) in [6.07, 6.45) is 83.6. The summed E-state index contributed by atoms with van der Waals surface area (Å²) in [5.41, 5.74) is 0. The Labute approximate surface area is 474 Å². The van der Waals surface area contributed by atoms with Crippen LogP contribution in [0.25, 0.3) is 0 Å². The van der Waals surface area contributed by atoms with Crippen LogP contribution in [0.4, 0.5) is 0 Å². The number of carbonyl (C=O) groups is 2. The number of amides is 1. The average molecular weight is 1070 g/mol. The van der Waals surface area contributed by atoms with E-state index in [0.717, 1.165) is 44.9 Å². The molecule has 0 saturated carbocycles. The Balaban J connectivity index is 3.42. The summed E-state index contributed by atoms with van der Waals surface area (Å²) in [5.74, 6) is -0.0616. The first kappa shape index (κ1) is 74.1. The number of allylic oxidation sites excluding steroid dienone is 5. The SMILES string of the molecule is CCCC/C=C\CCCCCCCC(=O)OCCCCCCCCCCCCCC/C=C\CCCCCCCCCCCCCC(=O)NC(CO)C(O)/C=C/CCCCCCCCCCCCCCCCCCCCC. The lowest BCUT2D eigenvalue weighted by Crippen LogP contribution is -2.45. The molecule has 0 bridgehead atoms. The first-order valence-electron chi connectivity index (χ1n) is 34.3. The number of aliphatic hydroxyl groups excluding tert-OH is 2. The minimum absolute atomic E-state index is 0.00383. The number of nitrogens with one attached hydrogen (secondary N) is 1. The molecule has 0 spiro atoms. The van der Waals surface area contributed by atoms with Crippen LogP contribution in [0.15, 0.2) is 36.5 Å². The van der Waals surface area contributed by atoms with Crippen LogP contribution in [0.5, 0.6) is 0 Å². The van der Waals surface area contributed by atoms with Gasteiger partial charge in [0.05, 0.1) is 25.4 Å². The van der Waals surface area contributed by atoms with Crippen LogP contribution in [0, 0.1) is 0 Å². The van der Waals surface area contributed by atoms with Gasteiger partial charge in [-0.3, -0.25) is 9.59 Å². The van der Waals surface area contributed by atoms with E-state index in [4.69, 9.17) is 4.74 Å². The lowest BCUT2D eigenvalue weighted by molar-refractivity contribution is -0.143. The van der Waals surface area contributed by atoms with Crippen molar-refractivity contribution in [2.24, 2.45) is 0 Å². The second kappa shape index (κ2) is 65.6. The zero-order valence-corrected chi connectivity index (χ0v) is 51.3. The van der Waals surface area contributed by atoms with Gasteiger partial charge >= 0.3 is 5.97 Å². The number of hydrogen-bond acceptors (Lipinski definition) is 5. The maximum absolute atomic E-state index is 12.5. The minimum Gasteiger partial charge on any atom is -0.466 e. The van der Waals surface area contributed by atoms with Gasteiger partial charge in [-0.05, 0) is 77.0 Å². The van der Waals surface area contributed by atoms with Crippen LogP contribution in [-0.4, -0.2) is 47.4 Å². The van der Waals surface area contributed by atoms with E-state index in [9.17, 15) is 19.8 Å². The van der Waals surface area contributed by atoms with Gasteiger partial charge in [-0.1, -0.05) is 320 Å². The van der Waals surface area contributed by atoms with Gasteiger partial charge in [-0.25, -0.2) is 0 Å². The zero-order chi connectivity index (χ0) is 55.0. The number of ether oxygens (including phenoxy) is 1. The predicted octanol–water partition coefficient (Wildman–Crippen LogP) is 21.9. The van der Waals surface area contributed by atoms with Gasteiger partial charge in [-0.15, -0.1) is 0 Å². The number of rotatable bonds is 64.